The van der Waals surface area contributed by atoms with Gasteiger partial charge in [0.1, 0.15) is 0 Å². The third kappa shape index (κ3) is 2.57. The van der Waals surface area contributed by atoms with Crippen LogP contribution in [0.25, 0.3) is 0 Å². The molecule has 1 aliphatic rings. The fourth-order valence-corrected chi connectivity index (χ4v) is 2.77. The number of nitrogens with one attached hydrogen (secondary N) is 1. The van der Waals surface area contributed by atoms with Crippen LogP contribution in [-0.2, 0) is 9.09 Å². The Bertz CT molecular complexity index is 236. The van der Waals surface area contributed by atoms with Gasteiger partial charge < -0.3 is 4.52 Å². The molecule has 0 amide bonds. The Morgan fingerprint density at radius 3 is 2.29 bits per heavy atom. The summed E-state index contributed by atoms with van der Waals surface area (Å²) in [4.78, 5) is 0. The first-order valence-electron chi connectivity index (χ1n) is 4.93. The van der Waals surface area contributed by atoms with Crippen LogP contribution in [0, 0.1) is 11.3 Å². The second-order valence-corrected chi connectivity index (χ2v) is 7.50. The second-order valence-electron chi connectivity index (χ2n) is 5.09. The van der Waals surface area contributed by atoms with Crippen molar-refractivity contribution in [2.24, 2.45) is 11.3 Å². The van der Waals surface area contributed by atoms with E-state index in [1.54, 1.807) is 18.8 Å². The minimum absolute atomic E-state index is 0.199. The molecule has 14 heavy (non-hydrogen) atoms. The number of hydrogen-bond donors (Lipinski definition) is 1. The van der Waals surface area contributed by atoms with Crippen LogP contribution in [-0.4, -0.2) is 31.9 Å². The molecule has 0 saturated carbocycles. The SMILES string of the molecule is CN(C)[P@]1(=O)NC[C@@H](C(C)(C)C)CO1. The van der Waals surface area contributed by atoms with Crippen molar-refractivity contribution in [3.8, 4) is 0 Å². The lowest BCUT2D eigenvalue weighted by atomic mass is 9.81. The van der Waals surface area contributed by atoms with Gasteiger partial charge in [0, 0.05) is 12.5 Å². The van der Waals surface area contributed by atoms with Gasteiger partial charge in [-0.15, -0.1) is 0 Å². The quantitative estimate of drug-likeness (QED) is 0.686. The van der Waals surface area contributed by atoms with E-state index < -0.39 is 7.67 Å². The molecule has 5 heteroatoms. The van der Waals surface area contributed by atoms with Crippen molar-refractivity contribution in [1.82, 2.24) is 9.76 Å². The summed E-state index contributed by atoms with van der Waals surface area (Å²) >= 11 is 0. The van der Waals surface area contributed by atoms with E-state index >= 15 is 0 Å². The maximum atomic E-state index is 12.0. The zero-order valence-electron chi connectivity index (χ0n) is 9.70. The second kappa shape index (κ2) is 3.93. The summed E-state index contributed by atoms with van der Waals surface area (Å²) in [5.41, 5.74) is 0.199. The molecule has 0 aliphatic carbocycles. The van der Waals surface area contributed by atoms with Crippen molar-refractivity contribution in [2.75, 3.05) is 27.2 Å². The van der Waals surface area contributed by atoms with Gasteiger partial charge in [0.25, 0.3) is 0 Å². The zero-order chi connectivity index (χ0) is 11.0. The maximum absolute atomic E-state index is 12.0. The first-order valence-corrected chi connectivity index (χ1v) is 6.51. The molecule has 0 aromatic carbocycles. The van der Waals surface area contributed by atoms with E-state index in [1.165, 1.54) is 0 Å². The lowest BCUT2D eigenvalue weighted by Crippen LogP contribution is -2.41. The Kier molecular flexibility index (Phi) is 3.42. The highest BCUT2D eigenvalue weighted by atomic mass is 31.2. The molecule has 0 bridgehead atoms. The summed E-state index contributed by atoms with van der Waals surface area (Å²) in [6.07, 6.45) is 0. The third-order valence-electron chi connectivity index (χ3n) is 2.74. The van der Waals surface area contributed by atoms with Gasteiger partial charge in [0.2, 0.25) is 0 Å². The van der Waals surface area contributed by atoms with Crippen LogP contribution in [0.4, 0.5) is 0 Å². The molecule has 0 aromatic heterocycles. The third-order valence-corrected chi connectivity index (χ3v) is 4.87. The highest BCUT2D eigenvalue weighted by Crippen LogP contribution is 2.48. The summed E-state index contributed by atoms with van der Waals surface area (Å²) in [7, 11) is 0.829. The maximum Gasteiger partial charge on any atom is 0.342 e. The highest BCUT2D eigenvalue weighted by Gasteiger charge is 2.37. The molecule has 2 atom stereocenters. The van der Waals surface area contributed by atoms with E-state index in [9.17, 15) is 4.57 Å². The Labute approximate surface area is 86.6 Å². The predicted molar refractivity (Wildman–Crippen MR) is 58.2 cm³/mol. The molecule has 1 fully saturated rings. The molecule has 0 spiro atoms. The summed E-state index contributed by atoms with van der Waals surface area (Å²) in [6.45, 7) is 7.86. The van der Waals surface area contributed by atoms with Crippen LogP contribution in [0.3, 0.4) is 0 Å². The van der Waals surface area contributed by atoms with Crippen LogP contribution in [0.2, 0.25) is 0 Å². The number of nitrogens with zero attached hydrogens (tertiary/aromatic N) is 1. The van der Waals surface area contributed by atoms with Crippen molar-refractivity contribution in [1.29, 1.82) is 0 Å². The molecule has 4 nitrogen and oxygen atoms in total. The Hall–Kier alpha value is 0.110. The first-order chi connectivity index (χ1) is 6.26. The van der Waals surface area contributed by atoms with Gasteiger partial charge in [-0.05, 0) is 19.5 Å². The van der Waals surface area contributed by atoms with Gasteiger partial charge in [-0.25, -0.2) is 9.76 Å². The molecule has 84 valence electrons. The standard InChI is InChI=1S/C9H21N2O2P/c1-9(2,3)8-6-10-14(12,11(4)5)13-7-8/h8H,6-7H2,1-5H3,(H,10,12)/t8-,14+/m1/s1. The summed E-state index contributed by atoms with van der Waals surface area (Å²) in [5.74, 6) is 0.421. The smallest absolute Gasteiger partial charge is 0.306 e. The van der Waals surface area contributed by atoms with Crippen LogP contribution >= 0.6 is 7.67 Å². The molecule has 1 saturated heterocycles. The summed E-state index contributed by atoms with van der Waals surface area (Å²) < 4.78 is 19.1. The van der Waals surface area contributed by atoms with Gasteiger partial charge in [0.05, 0.1) is 6.61 Å². The van der Waals surface area contributed by atoms with Crippen molar-refractivity contribution in [2.45, 2.75) is 20.8 Å². The molecular weight excluding hydrogens is 199 g/mol. The molecule has 0 unspecified atom stereocenters. The molecule has 1 N–H and O–H groups in total. The van der Waals surface area contributed by atoms with Gasteiger partial charge in [-0.3, -0.25) is 4.57 Å². The molecule has 1 heterocycles. The van der Waals surface area contributed by atoms with Gasteiger partial charge in [-0.1, -0.05) is 20.8 Å². The average molecular weight is 220 g/mol. The van der Waals surface area contributed by atoms with E-state index in [0.717, 1.165) is 6.54 Å². The van der Waals surface area contributed by atoms with Gasteiger partial charge >= 0.3 is 7.67 Å². The van der Waals surface area contributed by atoms with E-state index in [4.69, 9.17) is 4.52 Å². The molecule has 1 aliphatic heterocycles. The zero-order valence-corrected chi connectivity index (χ0v) is 10.6. The van der Waals surface area contributed by atoms with E-state index in [2.05, 4.69) is 25.9 Å². The molecular formula is C9H21N2O2P. The Balaban J connectivity index is 2.59. The van der Waals surface area contributed by atoms with Crippen molar-refractivity contribution < 1.29 is 9.09 Å². The van der Waals surface area contributed by atoms with E-state index in [0.29, 0.717) is 12.5 Å². The lowest BCUT2D eigenvalue weighted by molar-refractivity contribution is 0.117. The Morgan fingerprint density at radius 1 is 1.43 bits per heavy atom. The van der Waals surface area contributed by atoms with Crippen LogP contribution in [0.1, 0.15) is 20.8 Å². The number of hydrogen-bond acceptors (Lipinski definition) is 2. The topological polar surface area (TPSA) is 41.6 Å². The minimum Gasteiger partial charge on any atom is -0.306 e. The first kappa shape index (κ1) is 12.2. The minimum atomic E-state index is -2.71. The average Bonchev–Trinajstić information content (AvgIpc) is 2.03. The molecule has 0 radical (unpaired) electrons. The van der Waals surface area contributed by atoms with Crippen LogP contribution in [0.5, 0.6) is 0 Å². The van der Waals surface area contributed by atoms with Crippen molar-refractivity contribution in [3.63, 3.8) is 0 Å². The fourth-order valence-electron chi connectivity index (χ4n) is 1.33. The van der Waals surface area contributed by atoms with Gasteiger partial charge in [-0.2, -0.15) is 0 Å². The monoisotopic (exact) mass is 220 g/mol. The summed E-state index contributed by atoms with van der Waals surface area (Å²) in [5, 5.41) is 3.01. The van der Waals surface area contributed by atoms with Crippen molar-refractivity contribution >= 4 is 7.67 Å². The van der Waals surface area contributed by atoms with Crippen LogP contribution < -0.4 is 5.09 Å². The number of rotatable bonds is 1. The van der Waals surface area contributed by atoms with Crippen LogP contribution in [0.15, 0.2) is 0 Å². The predicted octanol–water partition coefficient (Wildman–Crippen LogP) is 1.94. The fraction of sp³-hybridized carbons (Fsp3) is 1.00. The molecule has 1 rings (SSSR count). The Morgan fingerprint density at radius 2 is 2.00 bits per heavy atom. The molecule has 0 aromatic rings. The van der Waals surface area contributed by atoms with Crippen molar-refractivity contribution in [3.05, 3.63) is 0 Å². The lowest BCUT2D eigenvalue weighted by Gasteiger charge is -2.38. The van der Waals surface area contributed by atoms with E-state index in [-0.39, 0.29) is 5.41 Å². The normalized spacial score (nSPS) is 34.9. The largest absolute Gasteiger partial charge is 0.342 e. The summed E-state index contributed by atoms with van der Waals surface area (Å²) in [6, 6.07) is 0. The van der Waals surface area contributed by atoms with E-state index in [1.807, 2.05) is 0 Å². The highest BCUT2D eigenvalue weighted by molar-refractivity contribution is 7.54. The van der Waals surface area contributed by atoms with Gasteiger partial charge in [0.15, 0.2) is 0 Å².